The van der Waals surface area contributed by atoms with E-state index in [1.54, 1.807) is 6.26 Å². The van der Waals surface area contributed by atoms with Crippen LogP contribution in [0.3, 0.4) is 0 Å². The minimum atomic E-state index is 0.452. The highest BCUT2D eigenvalue weighted by Gasteiger charge is 2.07. The van der Waals surface area contributed by atoms with E-state index in [4.69, 9.17) is 4.42 Å². The van der Waals surface area contributed by atoms with Crippen molar-refractivity contribution in [1.29, 1.82) is 0 Å². The third-order valence-electron chi connectivity index (χ3n) is 2.31. The maximum absolute atomic E-state index is 5.48. The highest BCUT2D eigenvalue weighted by atomic mass is 127. The lowest BCUT2D eigenvalue weighted by molar-refractivity contribution is 0.560. The molecule has 2 rings (SSSR count). The van der Waals surface area contributed by atoms with Crippen molar-refractivity contribution in [3.8, 4) is 11.5 Å². The van der Waals surface area contributed by atoms with E-state index < -0.39 is 0 Å². The Morgan fingerprint density at radius 1 is 1.41 bits per heavy atom. The SMILES string of the molecule is CC(C)NCc1coc(-c2cccc(I)c2)n1. The third-order valence-corrected chi connectivity index (χ3v) is 2.99. The fourth-order valence-electron chi connectivity index (χ4n) is 1.45. The van der Waals surface area contributed by atoms with Crippen molar-refractivity contribution in [2.45, 2.75) is 26.4 Å². The van der Waals surface area contributed by atoms with Crippen molar-refractivity contribution < 1.29 is 4.42 Å². The van der Waals surface area contributed by atoms with Gasteiger partial charge in [-0.05, 0) is 40.8 Å². The van der Waals surface area contributed by atoms with E-state index in [1.165, 1.54) is 3.57 Å². The molecule has 3 nitrogen and oxygen atoms in total. The van der Waals surface area contributed by atoms with E-state index in [-0.39, 0.29) is 0 Å². The monoisotopic (exact) mass is 342 g/mol. The molecule has 0 radical (unpaired) electrons. The zero-order chi connectivity index (χ0) is 12.3. The second kappa shape index (κ2) is 5.64. The molecule has 2 aromatic rings. The van der Waals surface area contributed by atoms with E-state index in [9.17, 15) is 0 Å². The van der Waals surface area contributed by atoms with Gasteiger partial charge >= 0.3 is 0 Å². The molecule has 0 unspecified atom stereocenters. The molecule has 1 heterocycles. The van der Waals surface area contributed by atoms with Gasteiger partial charge in [0.15, 0.2) is 0 Å². The third kappa shape index (κ3) is 3.54. The summed E-state index contributed by atoms with van der Waals surface area (Å²) in [6, 6.07) is 8.58. The number of aromatic nitrogens is 1. The molecule has 90 valence electrons. The second-order valence-corrected chi connectivity index (χ2v) is 5.44. The number of halogens is 1. The topological polar surface area (TPSA) is 38.1 Å². The van der Waals surface area contributed by atoms with Gasteiger partial charge < -0.3 is 9.73 Å². The average molecular weight is 342 g/mol. The quantitative estimate of drug-likeness (QED) is 0.865. The van der Waals surface area contributed by atoms with Crippen molar-refractivity contribution in [2.75, 3.05) is 0 Å². The molecule has 17 heavy (non-hydrogen) atoms. The summed E-state index contributed by atoms with van der Waals surface area (Å²) in [5.74, 6) is 0.684. The molecule has 0 bridgehead atoms. The molecular weight excluding hydrogens is 327 g/mol. The Morgan fingerprint density at radius 3 is 2.94 bits per heavy atom. The van der Waals surface area contributed by atoms with Gasteiger partial charge in [0.05, 0.1) is 5.69 Å². The van der Waals surface area contributed by atoms with Crippen LogP contribution < -0.4 is 5.32 Å². The Balaban J connectivity index is 2.12. The highest BCUT2D eigenvalue weighted by molar-refractivity contribution is 14.1. The molecule has 0 aliphatic heterocycles. The summed E-state index contributed by atoms with van der Waals surface area (Å²) < 4.78 is 6.66. The molecule has 0 aliphatic rings. The van der Waals surface area contributed by atoms with Crippen LogP contribution in [0, 0.1) is 3.57 Å². The van der Waals surface area contributed by atoms with Crippen LogP contribution in [-0.2, 0) is 6.54 Å². The van der Waals surface area contributed by atoms with E-state index in [0.717, 1.165) is 17.8 Å². The number of nitrogens with one attached hydrogen (secondary N) is 1. The molecule has 0 aliphatic carbocycles. The number of hydrogen-bond donors (Lipinski definition) is 1. The first-order valence-corrected chi connectivity index (χ1v) is 6.67. The van der Waals surface area contributed by atoms with E-state index in [0.29, 0.717) is 11.9 Å². The van der Waals surface area contributed by atoms with Gasteiger partial charge in [-0.25, -0.2) is 4.98 Å². The fourth-order valence-corrected chi connectivity index (χ4v) is 1.99. The van der Waals surface area contributed by atoms with Crippen LogP contribution in [-0.4, -0.2) is 11.0 Å². The van der Waals surface area contributed by atoms with E-state index in [1.807, 2.05) is 18.2 Å². The second-order valence-electron chi connectivity index (χ2n) is 4.19. The molecule has 1 N–H and O–H groups in total. The lowest BCUT2D eigenvalue weighted by Gasteiger charge is -2.04. The molecule has 1 aromatic carbocycles. The number of oxazole rings is 1. The van der Waals surface area contributed by atoms with Gasteiger partial charge in [0.25, 0.3) is 0 Å². The minimum absolute atomic E-state index is 0.452. The highest BCUT2D eigenvalue weighted by Crippen LogP contribution is 2.20. The predicted molar refractivity (Wildman–Crippen MR) is 76.6 cm³/mol. The Labute approximate surface area is 115 Å². The maximum atomic E-state index is 5.48. The van der Waals surface area contributed by atoms with Gasteiger partial charge in [-0.15, -0.1) is 0 Å². The van der Waals surface area contributed by atoms with Crippen molar-refractivity contribution in [2.24, 2.45) is 0 Å². The molecule has 0 spiro atoms. The maximum Gasteiger partial charge on any atom is 0.226 e. The summed E-state index contributed by atoms with van der Waals surface area (Å²) in [6.45, 7) is 4.96. The van der Waals surface area contributed by atoms with Gasteiger partial charge in [-0.2, -0.15) is 0 Å². The van der Waals surface area contributed by atoms with Gasteiger partial charge in [0.2, 0.25) is 5.89 Å². The first-order valence-electron chi connectivity index (χ1n) is 5.59. The van der Waals surface area contributed by atoms with Crippen LogP contribution in [0.5, 0.6) is 0 Å². The number of nitrogens with zero attached hydrogens (tertiary/aromatic N) is 1. The largest absolute Gasteiger partial charge is 0.444 e. The average Bonchev–Trinajstić information content (AvgIpc) is 2.75. The normalized spacial score (nSPS) is 11.1. The van der Waals surface area contributed by atoms with Crippen LogP contribution in [0.4, 0.5) is 0 Å². The summed E-state index contributed by atoms with van der Waals surface area (Å²) in [5, 5.41) is 3.31. The summed E-state index contributed by atoms with van der Waals surface area (Å²) in [7, 11) is 0. The Kier molecular flexibility index (Phi) is 4.17. The number of hydrogen-bond acceptors (Lipinski definition) is 3. The number of benzene rings is 1. The Hall–Kier alpha value is -0.880. The minimum Gasteiger partial charge on any atom is -0.444 e. The standard InChI is InChI=1S/C13H15IN2O/c1-9(2)15-7-12-8-17-13(16-12)10-4-3-5-11(14)6-10/h3-6,8-9,15H,7H2,1-2H3. The molecule has 4 heteroatoms. The lowest BCUT2D eigenvalue weighted by Crippen LogP contribution is -2.21. The van der Waals surface area contributed by atoms with Crippen LogP contribution in [0.2, 0.25) is 0 Å². The summed E-state index contributed by atoms with van der Waals surface area (Å²) >= 11 is 2.28. The molecule has 0 amide bonds. The van der Waals surface area contributed by atoms with Gasteiger partial charge in [-0.1, -0.05) is 19.9 Å². The Morgan fingerprint density at radius 2 is 2.24 bits per heavy atom. The summed E-state index contributed by atoms with van der Waals surface area (Å²) in [4.78, 5) is 4.46. The summed E-state index contributed by atoms with van der Waals surface area (Å²) in [5.41, 5.74) is 1.96. The fraction of sp³-hybridized carbons (Fsp3) is 0.308. The molecule has 1 aromatic heterocycles. The van der Waals surface area contributed by atoms with Crippen molar-refractivity contribution in [3.63, 3.8) is 0 Å². The van der Waals surface area contributed by atoms with E-state index >= 15 is 0 Å². The van der Waals surface area contributed by atoms with Crippen LogP contribution in [0.1, 0.15) is 19.5 Å². The van der Waals surface area contributed by atoms with Gasteiger partial charge in [0, 0.05) is 21.7 Å². The summed E-state index contributed by atoms with van der Waals surface area (Å²) in [6.07, 6.45) is 1.71. The predicted octanol–water partition coefficient (Wildman–Crippen LogP) is 3.44. The zero-order valence-electron chi connectivity index (χ0n) is 9.90. The van der Waals surface area contributed by atoms with Crippen molar-refractivity contribution in [1.82, 2.24) is 10.3 Å². The van der Waals surface area contributed by atoms with Crippen molar-refractivity contribution in [3.05, 3.63) is 39.8 Å². The smallest absolute Gasteiger partial charge is 0.226 e. The molecule has 0 fully saturated rings. The molecule has 0 atom stereocenters. The zero-order valence-corrected chi connectivity index (χ0v) is 12.1. The Bertz CT molecular complexity index is 494. The molecular formula is C13H15IN2O. The number of rotatable bonds is 4. The van der Waals surface area contributed by atoms with Crippen molar-refractivity contribution >= 4 is 22.6 Å². The van der Waals surface area contributed by atoms with Crippen LogP contribution >= 0.6 is 22.6 Å². The molecule has 0 saturated heterocycles. The molecule has 0 saturated carbocycles. The first kappa shape index (κ1) is 12.6. The van der Waals surface area contributed by atoms with Crippen LogP contribution in [0.25, 0.3) is 11.5 Å². The van der Waals surface area contributed by atoms with E-state index in [2.05, 4.69) is 52.8 Å². The van der Waals surface area contributed by atoms with Crippen LogP contribution in [0.15, 0.2) is 34.9 Å². The van der Waals surface area contributed by atoms with Gasteiger partial charge in [0.1, 0.15) is 6.26 Å². The first-order chi connectivity index (χ1) is 8.15. The lowest BCUT2D eigenvalue weighted by atomic mass is 10.2. The van der Waals surface area contributed by atoms with Gasteiger partial charge in [-0.3, -0.25) is 0 Å².